The number of aliphatic carboxylic acids is 1. The van der Waals surface area contributed by atoms with Gasteiger partial charge in [-0.25, -0.2) is 4.98 Å². The molecular weight excluding hydrogens is 409 g/mol. The van der Waals surface area contributed by atoms with Gasteiger partial charge in [-0.15, -0.1) is 0 Å². The number of pyridine rings is 1. The second-order valence-corrected chi connectivity index (χ2v) is 8.12. The largest absolute Gasteiger partial charge is 0.481 e. The van der Waals surface area contributed by atoms with Crippen LogP contribution in [-0.2, 0) is 23.9 Å². The van der Waals surface area contributed by atoms with Crippen molar-refractivity contribution in [2.24, 2.45) is 11.8 Å². The van der Waals surface area contributed by atoms with Crippen molar-refractivity contribution in [3.8, 4) is 0 Å². The number of nitrogens with one attached hydrogen (secondary N) is 1. The van der Waals surface area contributed by atoms with E-state index in [1.807, 2.05) is 6.07 Å². The van der Waals surface area contributed by atoms with Crippen LogP contribution < -0.4 is 0 Å². The van der Waals surface area contributed by atoms with Crippen LogP contribution in [-0.4, -0.2) is 44.0 Å². The molecule has 1 fully saturated rings. The van der Waals surface area contributed by atoms with E-state index in [-0.39, 0.29) is 18.3 Å². The number of H-pyrrole nitrogens is 1. The molecule has 6 nitrogen and oxygen atoms in total. The third-order valence-electron chi connectivity index (χ3n) is 5.89. The highest BCUT2D eigenvalue weighted by molar-refractivity contribution is 5.73. The molecule has 1 aliphatic heterocycles. The average molecular weight is 432 g/mol. The summed E-state index contributed by atoms with van der Waals surface area (Å²) in [5, 5.41) is 9.32. The van der Waals surface area contributed by atoms with E-state index in [1.54, 1.807) is 12.4 Å². The Bertz CT molecular complexity index is 1020. The van der Waals surface area contributed by atoms with E-state index in [0.29, 0.717) is 26.1 Å². The van der Waals surface area contributed by atoms with Crippen molar-refractivity contribution < 1.29 is 23.1 Å². The minimum atomic E-state index is -4.35. The fourth-order valence-corrected chi connectivity index (χ4v) is 4.34. The lowest BCUT2D eigenvalue weighted by molar-refractivity contribution is -0.139. The summed E-state index contributed by atoms with van der Waals surface area (Å²) in [5.74, 6) is 0.0697. The standard InChI is InChI=1S/C22H23F3N4O2/c23-22(24,25)17-3-1-14(2-4-17)12-29-8-6-15(10-21(30)31)16(13-29)9-20-27-18-5-7-26-11-19(18)28-20/h1-5,7,11,15-16H,6,8-10,12-13H2,(H,27,28)(H,30,31). The number of benzene rings is 1. The molecule has 1 aliphatic rings. The lowest BCUT2D eigenvalue weighted by Crippen LogP contribution is -2.41. The maximum atomic E-state index is 12.8. The molecule has 0 radical (unpaired) electrons. The van der Waals surface area contributed by atoms with Crippen LogP contribution in [0.15, 0.2) is 42.7 Å². The highest BCUT2D eigenvalue weighted by Crippen LogP contribution is 2.32. The molecule has 9 heteroatoms. The summed E-state index contributed by atoms with van der Waals surface area (Å²) in [6.45, 7) is 1.90. The molecule has 4 rings (SSSR count). The highest BCUT2D eigenvalue weighted by atomic mass is 19.4. The van der Waals surface area contributed by atoms with Crippen molar-refractivity contribution in [1.82, 2.24) is 19.9 Å². The minimum Gasteiger partial charge on any atom is -0.481 e. The number of nitrogens with zero attached hydrogens (tertiary/aromatic N) is 3. The number of piperidine rings is 1. The Labute approximate surface area is 177 Å². The topological polar surface area (TPSA) is 82.1 Å². The SMILES string of the molecule is O=C(O)CC1CCN(Cc2ccc(C(F)(F)F)cc2)CC1Cc1nc2ccncc2[nH]1. The minimum absolute atomic E-state index is 0.0210. The van der Waals surface area contributed by atoms with Crippen LogP contribution in [0.4, 0.5) is 13.2 Å². The number of fused-ring (bicyclic) bond motifs is 1. The predicted molar refractivity (Wildman–Crippen MR) is 108 cm³/mol. The fourth-order valence-electron chi connectivity index (χ4n) is 4.34. The molecule has 2 aromatic heterocycles. The van der Waals surface area contributed by atoms with Gasteiger partial charge in [-0.2, -0.15) is 13.2 Å². The Morgan fingerprint density at radius 1 is 1.19 bits per heavy atom. The van der Waals surface area contributed by atoms with Crippen molar-refractivity contribution in [3.05, 3.63) is 59.7 Å². The van der Waals surface area contributed by atoms with Crippen molar-refractivity contribution in [2.45, 2.75) is 32.0 Å². The number of aromatic amines is 1. The van der Waals surface area contributed by atoms with Gasteiger partial charge in [0, 0.05) is 32.1 Å². The first kappa shape index (κ1) is 21.3. The molecule has 3 heterocycles. The van der Waals surface area contributed by atoms with Gasteiger partial charge >= 0.3 is 12.1 Å². The monoisotopic (exact) mass is 432 g/mol. The second-order valence-electron chi connectivity index (χ2n) is 8.12. The van der Waals surface area contributed by atoms with Gasteiger partial charge in [0.1, 0.15) is 5.82 Å². The first-order valence-corrected chi connectivity index (χ1v) is 10.2. The summed E-state index contributed by atoms with van der Waals surface area (Å²) in [6, 6.07) is 7.04. The number of alkyl halides is 3. The number of rotatable bonds is 6. The van der Waals surface area contributed by atoms with Crippen LogP contribution in [0.1, 0.15) is 29.8 Å². The lowest BCUT2D eigenvalue weighted by atomic mass is 9.81. The Balaban J connectivity index is 1.47. The van der Waals surface area contributed by atoms with Crippen molar-refractivity contribution in [2.75, 3.05) is 13.1 Å². The highest BCUT2D eigenvalue weighted by Gasteiger charge is 2.32. The smallest absolute Gasteiger partial charge is 0.416 e. The van der Waals surface area contributed by atoms with E-state index in [2.05, 4.69) is 19.9 Å². The molecule has 2 unspecified atom stereocenters. The molecule has 0 saturated carbocycles. The molecule has 3 aromatic rings. The summed E-state index contributed by atoms with van der Waals surface area (Å²) in [5.41, 5.74) is 1.80. The van der Waals surface area contributed by atoms with Crippen LogP contribution in [0.25, 0.3) is 11.0 Å². The Kier molecular flexibility index (Phi) is 5.95. The third-order valence-corrected chi connectivity index (χ3v) is 5.89. The molecule has 31 heavy (non-hydrogen) atoms. The van der Waals surface area contributed by atoms with Crippen molar-refractivity contribution in [1.29, 1.82) is 0 Å². The quantitative estimate of drug-likeness (QED) is 0.612. The Morgan fingerprint density at radius 3 is 2.65 bits per heavy atom. The number of likely N-dealkylation sites (tertiary alicyclic amines) is 1. The van der Waals surface area contributed by atoms with E-state index >= 15 is 0 Å². The number of carbonyl (C=O) groups is 1. The average Bonchev–Trinajstić information content (AvgIpc) is 3.12. The Morgan fingerprint density at radius 2 is 1.97 bits per heavy atom. The molecule has 0 spiro atoms. The van der Waals surface area contributed by atoms with Gasteiger partial charge in [-0.05, 0) is 48.6 Å². The lowest BCUT2D eigenvalue weighted by Gasteiger charge is -2.38. The van der Waals surface area contributed by atoms with Crippen LogP contribution in [0.5, 0.6) is 0 Å². The Hall–Kier alpha value is -2.94. The number of aromatic nitrogens is 3. The maximum Gasteiger partial charge on any atom is 0.416 e. The summed E-state index contributed by atoms with van der Waals surface area (Å²) in [6.07, 6.45) is 0.460. The second kappa shape index (κ2) is 8.66. The van der Waals surface area contributed by atoms with Crippen LogP contribution in [0.3, 0.4) is 0 Å². The van der Waals surface area contributed by atoms with E-state index in [0.717, 1.165) is 41.0 Å². The number of imidazole rings is 1. The van der Waals surface area contributed by atoms with Gasteiger partial charge in [0.2, 0.25) is 0 Å². The number of halogens is 3. The van der Waals surface area contributed by atoms with E-state index in [1.165, 1.54) is 12.1 Å². The van der Waals surface area contributed by atoms with Gasteiger partial charge in [-0.1, -0.05) is 12.1 Å². The number of hydrogen-bond acceptors (Lipinski definition) is 4. The molecule has 2 N–H and O–H groups in total. The fraction of sp³-hybridized carbons (Fsp3) is 0.409. The third kappa shape index (κ3) is 5.22. The predicted octanol–water partition coefficient (Wildman–Crippen LogP) is 4.13. The molecule has 0 bridgehead atoms. The molecule has 2 atom stereocenters. The molecular formula is C22H23F3N4O2. The first-order chi connectivity index (χ1) is 14.8. The molecule has 1 saturated heterocycles. The maximum absolute atomic E-state index is 12.8. The van der Waals surface area contributed by atoms with Crippen LogP contribution in [0, 0.1) is 11.8 Å². The van der Waals surface area contributed by atoms with Crippen molar-refractivity contribution >= 4 is 17.0 Å². The van der Waals surface area contributed by atoms with Gasteiger partial charge in [0.05, 0.1) is 22.8 Å². The molecule has 1 aromatic carbocycles. The van der Waals surface area contributed by atoms with Gasteiger partial charge in [-0.3, -0.25) is 14.7 Å². The number of hydrogen-bond donors (Lipinski definition) is 2. The van der Waals surface area contributed by atoms with Gasteiger partial charge in [0.25, 0.3) is 0 Å². The molecule has 164 valence electrons. The first-order valence-electron chi connectivity index (χ1n) is 10.2. The summed E-state index contributed by atoms with van der Waals surface area (Å²) in [7, 11) is 0. The van der Waals surface area contributed by atoms with Crippen molar-refractivity contribution in [3.63, 3.8) is 0 Å². The summed E-state index contributed by atoms with van der Waals surface area (Å²) in [4.78, 5) is 25.5. The molecule has 0 amide bonds. The van der Waals surface area contributed by atoms with Gasteiger partial charge in [0.15, 0.2) is 0 Å². The van der Waals surface area contributed by atoms with E-state index in [4.69, 9.17) is 0 Å². The summed E-state index contributed by atoms with van der Waals surface area (Å²) < 4.78 is 38.4. The number of carboxylic acid groups (broad SMARTS) is 1. The zero-order chi connectivity index (χ0) is 22.0. The van der Waals surface area contributed by atoms with E-state index < -0.39 is 17.7 Å². The van der Waals surface area contributed by atoms with E-state index in [9.17, 15) is 23.1 Å². The normalized spacial score (nSPS) is 20.2. The van der Waals surface area contributed by atoms with Crippen LogP contribution in [0.2, 0.25) is 0 Å². The zero-order valence-corrected chi connectivity index (χ0v) is 16.8. The summed E-state index contributed by atoms with van der Waals surface area (Å²) >= 11 is 0. The molecule has 0 aliphatic carbocycles. The van der Waals surface area contributed by atoms with Crippen LogP contribution >= 0.6 is 0 Å². The zero-order valence-electron chi connectivity index (χ0n) is 16.8. The number of carboxylic acids is 1. The van der Waals surface area contributed by atoms with Gasteiger partial charge < -0.3 is 10.1 Å².